The molecule has 19 heavy (non-hydrogen) atoms. The maximum absolute atomic E-state index is 11.6. The summed E-state index contributed by atoms with van der Waals surface area (Å²) in [6.07, 6.45) is 1.43. The zero-order valence-corrected chi connectivity index (χ0v) is 12.0. The van der Waals surface area contributed by atoms with Crippen LogP contribution in [0.2, 0.25) is 0 Å². The average molecular weight is 263 g/mol. The standard InChI is InChI=1S/C15H25N3O/c1-18(2)13-12-16-10-9-15(19)17-11-8-14-6-4-3-5-7-14/h3-7,16H,8-13H2,1-2H3,(H,17,19). The second-order valence-electron chi connectivity index (χ2n) is 4.89. The minimum Gasteiger partial charge on any atom is -0.356 e. The topological polar surface area (TPSA) is 44.4 Å². The molecule has 0 bridgehead atoms. The van der Waals surface area contributed by atoms with E-state index in [1.54, 1.807) is 0 Å². The first-order chi connectivity index (χ1) is 9.18. The van der Waals surface area contributed by atoms with Crippen LogP contribution in [0, 0.1) is 0 Å². The number of nitrogens with one attached hydrogen (secondary N) is 2. The Kier molecular flexibility index (Phi) is 7.86. The van der Waals surface area contributed by atoms with Crippen molar-refractivity contribution in [1.29, 1.82) is 0 Å². The smallest absolute Gasteiger partial charge is 0.221 e. The van der Waals surface area contributed by atoms with E-state index in [0.717, 1.165) is 26.1 Å². The monoisotopic (exact) mass is 263 g/mol. The van der Waals surface area contributed by atoms with Gasteiger partial charge in [0.15, 0.2) is 0 Å². The average Bonchev–Trinajstić information content (AvgIpc) is 2.39. The molecule has 4 nitrogen and oxygen atoms in total. The van der Waals surface area contributed by atoms with Gasteiger partial charge in [-0.05, 0) is 26.1 Å². The molecule has 1 amide bonds. The minimum atomic E-state index is 0.119. The fraction of sp³-hybridized carbons (Fsp3) is 0.533. The van der Waals surface area contributed by atoms with Crippen LogP contribution < -0.4 is 10.6 Å². The lowest BCUT2D eigenvalue weighted by atomic mass is 10.1. The van der Waals surface area contributed by atoms with Crippen molar-refractivity contribution in [2.45, 2.75) is 12.8 Å². The SMILES string of the molecule is CN(C)CCNCCC(=O)NCCc1ccccc1. The summed E-state index contributed by atoms with van der Waals surface area (Å²) in [7, 11) is 4.08. The lowest BCUT2D eigenvalue weighted by Crippen LogP contribution is -2.32. The molecular formula is C15H25N3O. The summed E-state index contributed by atoms with van der Waals surface area (Å²) >= 11 is 0. The Morgan fingerprint density at radius 1 is 1.11 bits per heavy atom. The van der Waals surface area contributed by atoms with Crippen LogP contribution >= 0.6 is 0 Å². The molecule has 0 spiro atoms. The third-order valence-electron chi connectivity index (χ3n) is 2.84. The number of carbonyl (C=O) groups excluding carboxylic acids is 1. The summed E-state index contributed by atoms with van der Waals surface area (Å²) in [6.45, 7) is 3.37. The molecule has 0 saturated heterocycles. The van der Waals surface area contributed by atoms with Crippen LogP contribution in [-0.4, -0.2) is 51.1 Å². The number of rotatable bonds is 9. The number of likely N-dealkylation sites (N-methyl/N-ethyl adjacent to an activating group) is 1. The third-order valence-corrected chi connectivity index (χ3v) is 2.84. The molecule has 0 unspecified atom stereocenters. The van der Waals surface area contributed by atoms with Crippen LogP contribution in [0.1, 0.15) is 12.0 Å². The second kappa shape index (κ2) is 9.53. The predicted octanol–water partition coefficient (Wildman–Crippen LogP) is 0.887. The first kappa shape index (κ1) is 15.7. The van der Waals surface area contributed by atoms with Gasteiger partial charge in [-0.2, -0.15) is 0 Å². The molecule has 0 aliphatic heterocycles. The lowest BCUT2D eigenvalue weighted by molar-refractivity contribution is -0.120. The van der Waals surface area contributed by atoms with Crippen molar-refractivity contribution in [2.75, 3.05) is 40.3 Å². The lowest BCUT2D eigenvalue weighted by Gasteiger charge is -2.10. The van der Waals surface area contributed by atoms with E-state index in [4.69, 9.17) is 0 Å². The molecule has 0 heterocycles. The quantitative estimate of drug-likeness (QED) is 0.650. The van der Waals surface area contributed by atoms with Gasteiger partial charge >= 0.3 is 0 Å². The Morgan fingerprint density at radius 3 is 2.53 bits per heavy atom. The molecule has 4 heteroatoms. The number of amides is 1. The molecule has 1 aromatic carbocycles. The summed E-state index contributed by atoms with van der Waals surface area (Å²) in [4.78, 5) is 13.7. The van der Waals surface area contributed by atoms with E-state index in [9.17, 15) is 4.79 Å². The van der Waals surface area contributed by atoms with Gasteiger partial charge < -0.3 is 15.5 Å². The van der Waals surface area contributed by atoms with E-state index in [0.29, 0.717) is 13.0 Å². The Labute approximate surface area is 116 Å². The Morgan fingerprint density at radius 2 is 1.84 bits per heavy atom. The van der Waals surface area contributed by atoms with Crippen molar-refractivity contribution >= 4 is 5.91 Å². The van der Waals surface area contributed by atoms with Crippen molar-refractivity contribution in [3.8, 4) is 0 Å². The zero-order chi connectivity index (χ0) is 13.9. The molecule has 0 saturated carbocycles. The van der Waals surface area contributed by atoms with Gasteiger partial charge in [0.05, 0.1) is 0 Å². The maximum Gasteiger partial charge on any atom is 0.221 e. The summed E-state index contributed by atoms with van der Waals surface area (Å²) in [5.74, 6) is 0.119. The first-order valence-corrected chi connectivity index (χ1v) is 6.84. The molecule has 106 valence electrons. The molecule has 0 aliphatic rings. The van der Waals surface area contributed by atoms with E-state index in [-0.39, 0.29) is 5.91 Å². The maximum atomic E-state index is 11.6. The van der Waals surface area contributed by atoms with Gasteiger partial charge in [-0.25, -0.2) is 0 Å². The van der Waals surface area contributed by atoms with E-state index in [1.165, 1.54) is 5.56 Å². The van der Waals surface area contributed by atoms with Gasteiger partial charge in [0.2, 0.25) is 5.91 Å². The molecule has 1 rings (SSSR count). The third kappa shape index (κ3) is 8.35. The van der Waals surface area contributed by atoms with Gasteiger partial charge in [0.25, 0.3) is 0 Å². The number of hydrogen-bond donors (Lipinski definition) is 2. The number of benzene rings is 1. The zero-order valence-electron chi connectivity index (χ0n) is 12.0. The van der Waals surface area contributed by atoms with E-state index >= 15 is 0 Å². The second-order valence-corrected chi connectivity index (χ2v) is 4.89. The fourth-order valence-electron chi connectivity index (χ4n) is 1.71. The number of nitrogens with zero attached hydrogens (tertiary/aromatic N) is 1. The minimum absolute atomic E-state index is 0.119. The number of hydrogen-bond acceptors (Lipinski definition) is 3. The van der Waals surface area contributed by atoms with Crippen molar-refractivity contribution in [3.05, 3.63) is 35.9 Å². The largest absolute Gasteiger partial charge is 0.356 e. The van der Waals surface area contributed by atoms with Crippen molar-refractivity contribution in [1.82, 2.24) is 15.5 Å². The Hall–Kier alpha value is -1.39. The number of carbonyl (C=O) groups is 1. The molecule has 0 aromatic heterocycles. The van der Waals surface area contributed by atoms with Crippen LogP contribution in [0.3, 0.4) is 0 Å². The molecule has 1 aromatic rings. The van der Waals surface area contributed by atoms with Crippen LogP contribution in [-0.2, 0) is 11.2 Å². The highest BCUT2D eigenvalue weighted by molar-refractivity contribution is 5.76. The van der Waals surface area contributed by atoms with Gasteiger partial charge in [-0.15, -0.1) is 0 Å². The Bertz CT molecular complexity index is 352. The molecule has 0 aliphatic carbocycles. The van der Waals surface area contributed by atoms with Crippen LogP contribution in [0.15, 0.2) is 30.3 Å². The van der Waals surface area contributed by atoms with Crippen LogP contribution in [0.25, 0.3) is 0 Å². The summed E-state index contributed by atoms with van der Waals surface area (Å²) in [5, 5.41) is 6.19. The van der Waals surface area contributed by atoms with Crippen molar-refractivity contribution < 1.29 is 4.79 Å². The van der Waals surface area contributed by atoms with Crippen LogP contribution in [0.5, 0.6) is 0 Å². The Balaban J connectivity index is 1.99. The highest BCUT2D eigenvalue weighted by Gasteiger charge is 2.00. The summed E-state index contributed by atoms with van der Waals surface area (Å²) in [5.41, 5.74) is 1.26. The summed E-state index contributed by atoms with van der Waals surface area (Å²) < 4.78 is 0. The van der Waals surface area contributed by atoms with Gasteiger partial charge in [-0.3, -0.25) is 4.79 Å². The van der Waals surface area contributed by atoms with E-state index in [2.05, 4.69) is 27.7 Å². The van der Waals surface area contributed by atoms with Gasteiger partial charge in [-0.1, -0.05) is 30.3 Å². The van der Waals surface area contributed by atoms with E-state index in [1.807, 2.05) is 32.3 Å². The van der Waals surface area contributed by atoms with Crippen LogP contribution in [0.4, 0.5) is 0 Å². The molecule has 0 radical (unpaired) electrons. The van der Waals surface area contributed by atoms with E-state index < -0.39 is 0 Å². The highest BCUT2D eigenvalue weighted by Crippen LogP contribution is 1.98. The predicted molar refractivity (Wildman–Crippen MR) is 79.2 cm³/mol. The first-order valence-electron chi connectivity index (χ1n) is 6.84. The fourth-order valence-corrected chi connectivity index (χ4v) is 1.71. The molecular weight excluding hydrogens is 238 g/mol. The van der Waals surface area contributed by atoms with Gasteiger partial charge in [0, 0.05) is 32.6 Å². The molecule has 0 fully saturated rings. The molecule has 2 N–H and O–H groups in total. The van der Waals surface area contributed by atoms with Crippen molar-refractivity contribution in [3.63, 3.8) is 0 Å². The molecule has 0 atom stereocenters. The van der Waals surface area contributed by atoms with Gasteiger partial charge in [0.1, 0.15) is 0 Å². The normalized spacial score (nSPS) is 10.7. The summed E-state index contributed by atoms with van der Waals surface area (Å²) in [6, 6.07) is 10.2. The highest BCUT2D eigenvalue weighted by atomic mass is 16.1. The van der Waals surface area contributed by atoms with Crippen molar-refractivity contribution in [2.24, 2.45) is 0 Å².